The molecule has 8 heteroatoms. The molecule has 0 bridgehead atoms. The van der Waals surface area contributed by atoms with Crippen LogP contribution < -0.4 is 10.5 Å². The molecule has 1 aromatic carbocycles. The van der Waals surface area contributed by atoms with Gasteiger partial charge in [-0.05, 0) is 50.5 Å². The second-order valence-corrected chi connectivity index (χ2v) is 6.83. The molecule has 1 aromatic heterocycles. The van der Waals surface area contributed by atoms with Crippen molar-refractivity contribution in [2.45, 2.75) is 45.1 Å². The largest absolute Gasteiger partial charge is 0.439 e. The van der Waals surface area contributed by atoms with Crippen LogP contribution in [0.4, 0.5) is 4.39 Å². The van der Waals surface area contributed by atoms with Gasteiger partial charge in [0.25, 0.3) is 0 Å². The summed E-state index contributed by atoms with van der Waals surface area (Å²) in [6.45, 7) is 2.42. The van der Waals surface area contributed by atoms with Gasteiger partial charge in [0.15, 0.2) is 5.82 Å². The Morgan fingerprint density at radius 1 is 1.21 bits per heavy atom. The number of amides is 2. The van der Waals surface area contributed by atoms with Crippen LogP contribution >= 0.6 is 0 Å². The molecule has 2 aromatic rings. The Hall–Kier alpha value is -3.03. The molecule has 1 saturated heterocycles. The summed E-state index contributed by atoms with van der Waals surface area (Å²) in [6.07, 6.45) is 2.69. The molecule has 0 saturated carbocycles. The Morgan fingerprint density at radius 3 is 2.68 bits per heavy atom. The van der Waals surface area contributed by atoms with E-state index in [0.29, 0.717) is 29.7 Å². The van der Waals surface area contributed by atoms with Gasteiger partial charge in [0, 0.05) is 31.1 Å². The minimum Gasteiger partial charge on any atom is -0.439 e. The summed E-state index contributed by atoms with van der Waals surface area (Å²) in [5.74, 6) is 0.328. The molecule has 1 aliphatic heterocycles. The van der Waals surface area contributed by atoms with Crippen LogP contribution in [-0.4, -0.2) is 33.2 Å². The molecule has 2 heterocycles. The maximum atomic E-state index is 13.1. The normalized spacial score (nSPS) is 16.6. The van der Waals surface area contributed by atoms with Crippen molar-refractivity contribution in [3.8, 4) is 11.6 Å². The maximum absolute atomic E-state index is 13.1. The smallest absolute Gasteiger partial charge is 0.223 e. The predicted octanol–water partition coefficient (Wildman–Crippen LogP) is 3.04. The maximum Gasteiger partial charge on any atom is 0.223 e. The number of benzene rings is 1. The van der Waals surface area contributed by atoms with E-state index in [1.807, 2.05) is 6.92 Å². The van der Waals surface area contributed by atoms with Gasteiger partial charge in [0.05, 0.1) is 6.04 Å². The second kappa shape index (κ2) is 8.77. The lowest BCUT2D eigenvalue weighted by Gasteiger charge is -2.35. The molecule has 3 rings (SSSR count). The van der Waals surface area contributed by atoms with E-state index in [2.05, 4.69) is 9.97 Å². The molecule has 1 aliphatic rings. The summed E-state index contributed by atoms with van der Waals surface area (Å²) in [4.78, 5) is 34.3. The van der Waals surface area contributed by atoms with Crippen LogP contribution in [0.2, 0.25) is 0 Å². The Labute approximate surface area is 162 Å². The van der Waals surface area contributed by atoms with Crippen LogP contribution in [0.25, 0.3) is 0 Å². The first-order valence-corrected chi connectivity index (χ1v) is 9.29. The van der Waals surface area contributed by atoms with Crippen molar-refractivity contribution in [2.75, 3.05) is 6.54 Å². The van der Waals surface area contributed by atoms with E-state index in [1.165, 1.54) is 24.3 Å². The highest BCUT2D eigenvalue weighted by atomic mass is 19.1. The van der Waals surface area contributed by atoms with Crippen molar-refractivity contribution in [1.29, 1.82) is 0 Å². The lowest BCUT2D eigenvalue weighted by Crippen LogP contribution is -2.39. The average Bonchev–Trinajstić information content (AvgIpc) is 2.67. The van der Waals surface area contributed by atoms with E-state index in [-0.39, 0.29) is 30.6 Å². The van der Waals surface area contributed by atoms with Crippen LogP contribution in [0.5, 0.6) is 11.6 Å². The summed E-state index contributed by atoms with van der Waals surface area (Å²) >= 11 is 0. The van der Waals surface area contributed by atoms with Crippen LogP contribution in [-0.2, 0) is 9.59 Å². The number of hydrogen-bond acceptors (Lipinski definition) is 5. The molecule has 7 nitrogen and oxygen atoms in total. The predicted molar refractivity (Wildman–Crippen MR) is 100.0 cm³/mol. The molecule has 0 aliphatic carbocycles. The molecule has 2 amide bonds. The van der Waals surface area contributed by atoms with E-state index < -0.39 is 5.91 Å². The molecule has 0 spiro atoms. The molecule has 0 radical (unpaired) electrons. The lowest BCUT2D eigenvalue weighted by atomic mass is 10.0. The summed E-state index contributed by atoms with van der Waals surface area (Å²) < 4.78 is 18.8. The molecular formula is C20H23FN4O3. The van der Waals surface area contributed by atoms with Gasteiger partial charge < -0.3 is 15.4 Å². The fraction of sp³-hybridized carbons (Fsp3) is 0.400. The van der Waals surface area contributed by atoms with E-state index in [1.54, 1.807) is 11.0 Å². The SMILES string of the molecule is Cc1cc(Oc2ccc(F)cc2)nc(C2CCCCN2C(=O)CCC(N)=O)n1. The molecular weight excluding hydrogens is 363 g/mol. The zero-order valence-electron chi connectivity index (χ0n) is 15.7. The number of carbonyl (C=O) groups excluding carboxylic acids is 2. The van der Waals surface area contributed by atoms with Crippen molar-refractivity contribution in [3.05, 3.63) is 47.7 Å². The fourth-order valence-corrected chi connectivity index (χ4v) is 3.26. The van der Waals surface area contributed by atoms with Gasteiger partial charge in [-0.3, -0.25) is 9.59 Å². The van der Waals surface area contributed by atoms with Gasteiger partial charge >= 0.3 is 0 Å². The number of ether oxygens (including phenoxy) is 1. The Morgan fingerprint density at radius 2 is 1.96 bits per heavy atom. The summed E-state index contributed by atoms with van der Waals surface area (Å²) in [6, 6.07) is 7.08. The topological polar surface area (TPSA) is 98.4 Å². The number of likely N-dealkylation sites (tertiary alicyclic amines) is 1. The molecule has 28 heavy (non-hydrogen) atoms. The van der Waals surface area contributed by atoms with Crippen molar-refractivity contribution in [1.82, 2.24) is 14.9 Å². The van der Waals surface area contributed by atoms with Gasteiger partial charge in [-0.1, -0.05) is 0 Å². The number of carbonyl (C=O) groups is 2. The summed E-state index contributed by atoms with van der Waals surface area (Å²) in [5.41, 5.74) is 5.87. The van der Waals surface area contributed by atoms with Gasteiger partial charge in [0.1, 0.15) is 11.6 Å². The minimum absolute atomic E-state index is 0.0235. The number of aromatic nitrogens is 2. The standard InChI is InChI=1S/C20H23FN4O3/c1-13-12-18(28-15-7-5-14(21)6-8-15)24-20(23-13)16-4-2-3-11-25(16)19(27)10-9-17(22)26/h5-8,12,16H,2-4,9-11H2,1H3,(H2,22,26). The highest BCUT2D eigenvalue weighted by Crippen LogP contribution is 2.31. The highest BCUT2D eigenvalue weighted by molar-refractivity contribution is 5.83. The molecule has 1 fully saturated rings. The van der Waals surface area contributed by atoms with Gasteiger partial charge in [-0.2, -0.15) is 4.98 Å². The molecule has 1 unspecified atom stereocenters. The number of hydrogen-bond donors (Lipinski definition) is 1. The number of nitrogens with zero attached hydrogens (tertiary/aromatic N) is 3. The quantitative estimate of drug-likeness (QED) is 0.823. The van der Waals surface area contributed by atoms with Gasteiger partial charge in [0.2, 0.25) is 17.7 Å². The van der Waals surface area contributed by atoms with Crippen molar-refractivity contribution >= 4 is 11.8 Å². The first kappa shape index (κ1) is 19.7. The van der Waals surface area contributed by atoms with E-state index in [4.69, 9.17) is 10.5 Å². The van der Waals surface area contributed by atoms with Crippen LogP contribution in [0, 0.1) is 12.7 Å². The lowest BCUT2D eigenvalue weighted by molar-refractivity contribution is -0.136. The van der Waals surface area contributed by atoms with Gasteiger partial charge in [-0.15, -0.1) is 0 Å². The first-order chi connectivity index (χ1) is 13.4. The number of primary amides is 1. The Kier molecular flexibility index (Phi) is 6.18. The zero-order chi connectivity index (χ0) is 20.1. The highest BCUT2D eigenvalue weighted by Gasteiger charge is 2.30. The minimum atomic E-state index is -0.497. The van der Waals surface area contributed by atoms with Crippen molar-refractivity contribution in [3.63, 3.8) is 0 Å². The number of nitrogens with two attached hydrogens (primary N) is 1. The van der Waals surface area contributed by atoms with Crippen LogP contribution in [0.15, 0.2) is 30.3 Å². The van der Waals surface area contributed by atoms with E-state index in [9.17, 15) is 14.0 Å². The van der Waals surface area contributed by atoms with Crippen LogP contribution in [0.3, 0.4) is 0 Å². The average molecular weight is 386 g/mol. The van der Waals surface area contributed by atoms with Crippen molar-refractivity contribution in [2.24, 2.45) is 5.73 Å². The molecule has 2 N–H and O–H groups in total. The third kappa shape index (κ3) is 5.03. The summed E-state index contributed by atoms with van der Waals surface area (Å²) in [7, 11) is 0. The number of aryl methyl sites for hydroxylation is 1. The summed E-state index contributed by atoms with van der Waals surface area (Å²) in [5, 5.41) is 0. The third-order valence-corrected chi connectivity index (χ3v) is 4.59. The number of piperidine rings is 1. The first-order valence-electron chi connectivity index (χ1n) is 9.29. The van der Waals surface area contributed by atoms with E-state index >= 15 is 0 Å². The number of halogens is 1. The Bertz CT molecular complexity index is 857. The molecule has 148 valence electrons. The van der Waals surface area contributed by atoms with Gasteiger partial charge in [-0.25, -0.2) is 9.37 Å². The second-order valence-electron chi connectivity index (χ2n) is 6.83. The Balaban J connectivity index is 1.81. The van der Waals surface area contributed by atoms with Crippen LogP contribution in [0.1, 0.15) is 49.7 Å². The number of rotatable bonds is 6. The molecule has 1 atom stereocenters. The fourth-order valence-electron chi connectivity index (χ4n) is 3.26. The monoisotopic (exact) mass is 386 g/mol. The third-order valence-electron chi connectivity index (χ3n) is 4.59. The van der Waals surface area contributed by atoms with E-state index in [0.717, 1.165) is 19.3 Å². The van der Waals surface area contributed by atoms with Crippen molar-refractivity contribution < 1.29 is 18.7 Å². The zero-order valence-corrected chi connectivity index (χ0v) is 15.7.